The van der Waals surface area contributed by atoms with Gasteiger partial charge in [0.15, 0.2) is 0 Å². The zero-order chi connectivity index (χ0) is 24.5. The minimum Gasteiger partial charge on any atom is -0.493 e. The summed E-state index contributed by atoms with van der Waals surface area (Å²) >= 11 is 0. The van der Waals surface area contributed by atoms with Gasteiger partial charge in [-0.1, -0.05) is 38.7 Å². The van der Waals surface area contributed by atoms with E-state index in [4.69, 9.17) is 14.0 Å². The summed E-state index contributed by atoms with van der Waals surface area (Å²) in [5.74, 6) is 1.74. The summed E-state index contributed by atoms with van der Waals surface area (Å²) in [6, 6.07) is 0. The Labute approximate surface area is 201 Å². The number of ether oxygens (including phenoxy) is 2. The summed E-state index contributed by atoms with van der Waals surface area (Å²) in [5.41, 5.74) is 4.36. The molecule has 1 atom stereocenters. The van der Waals surface area contributed by atoms with Crippen molar-refractivity contribution in [2.75, 3.05) is 12.4 Å². The van der Waals surface area contributed by atoms with E-state index in [1.165, 1.54) is 37.7 Å². The summed E-state index contributed by atoms with van der Waals surface area (Å²) in [6.45, 7) is 11.3. The maximum Gasteiger partial charge on any atom is 0.264 e. The van der Waals surface area contributed by atoms with Gasteiger partial charge >= 0.3 is 0 Å². The number of benzene rings is 1. The highest BCUT2D eigenvalue weighted by molar-refractivity contribution is 7.85. The minimum absolute atomic E-state index is 0.188. The maximum atomic E-state index is 10.8. The van der Waals surface area contributed by atoms with E-state index in [-0.39, 0.29) is 11.4 Å². The lowest BCUT2D eigenvalue weighted by molar-refractivity contribution is 0.112. The molecule has 0 amide bonds. The number of hydrogen-bond acceptors (Lipinski definition) is 4. The van der Waals surface area contributed by atoms with Crippen molar-refractivity contribution in [3.8, 4) is 11.5 Å². The molecule has 0 aromatic heterocycles. The van der Waals surface area contributed by atoms with Crippen LogP contribution in [0.4, 0.5) is 0 Å². The molecule has 188 valence electrons. The van der Waals surface area contributed by atoms with E-state index >= 15 is 0 Å². The molecule has 0 radical (unpaired) electrons. The van der Waals surface area contributed by atoms with Crippen molar-refractivity contribution in [2.24, 2.45) is 0 Å². The Kier molecular flexibility index (Phi) is 10.7. The van der Waals surface area contributed by atoms with Crippen LogP contribution in [0.3, 0.4) is 0 Å². The first-order valence-corrected chi connectivity index (χ1v) is 14.3. The Morgan fingerprint density at radius 1 is 1.00 bits per heavy atom. The van der Waals surface area contributed by atoms with Gasteiger partial charge in [-0.15, -0.1) is 0 Å². The van der Waals surface area contributed by atoms with Gasteiger partial charge in [0.05, 0.1) is 12.4 Å². The number of allylic oxidation sites excluding steroid dienone is 1. The summed E-state index contributed by atoms with van der Waals surface area (Å²) in [7, 11) is -3.87. The van der Waals surface area contributed by atoms with Crippen LogP contribution in [0.2, 0.25) is 0 Å². The largest absolute Gasteiger partial charge is 0.493 e. The van der Waals surface area contributed by atoms with Crippen LogP contribution in [0.15, 0.2) is 12.2 Å². The standard InChI is InChI=1S/C27H44O5S/c1-6-7-8-9-10-11-13-17-27(5)18-16-24-23(4)25(21(2)22(3)26(24)32-27)31-19-14-12-15-20-33(28,29)30/h13,17H,6-12,14-16,18-20H2,1-5H3,(H,28,29,30). The SMILES string of the molecule is CCCCCCCC=CC1(C)CCc2c(C)c(OCCCCCS(=O)(=O)O)c(C)c(C)c2O1. The van der Waals surface area contributed by atoms with Gasteiger partial charge in [0.25, 0.3) is 10.1 Å². The molecule has 0 saturated heterocycles. The van der Waals surface area contributed by atoms with E-state index < -0.39 is 10.1 Å². The molecule has 1 aliphatic heterocycles. The van der Waals surface area contributed by atoms with E-state index in [1.54, 1.807) is 0 Å². The molecule has 0 aliphatic carbocycles. The van der Waals surface area contributed by atoms with Gasteiger partial charge in [-0.3, -0.25) is 4.55 Å². The lowest BCUT2D eigenvalue weighted by Crippen LogP contribution is -2.35. The number of rotatable bonds is 14. The second kappa shape index (κ2) is 12.8. The Balaban J connectivity index is 1.97. The van der Waals surface area contributed by atoms with Crippen LogP contribution in [-0.4, -0.2) is 30.9 Å². The van der Waals surface area contributed by atoms with Crippen molar-refractivity contribution in [3.05, 3.63) is 34.4 Å². The highest BCUT2D eigenvalue weighted by Gasteiger charge is 2.32. The van der Waals surface area contributed by atoms with E-state index in [1.807, 2.05) is 0 Å². The van der Waals surface area contributed by atoms with Crippen LogP contribution in [0, 0.1) is 20.8 Å². The van der Waals surface area contributed by atoms with Gasteiger partial charge in [0.2, 0.25) is 0 Å². The quantitative estimate of drug-likeness (QED) is 0.175. The molecule has 5 nitrogen and oxygen atoms in total. The van der Waals surface area contributed by atoms with Gasteiger partial charge in [-0.05, 0) is 95.4 Å². The van der Waals surface area contributed by atoms with Crippen molar-refractivity contribution in [2.45, 2.75) is 111 Å². The lowest BCUT2D eigenvalue weighted by atomic mass is 9.86. The smallest absolute Gasteiger partial charge is 0.264 e. The summed E-state index contributed by atoms with van der Waals surface area (Å²) < 4.78 is 43.2. The predicted molar refractivity (Wildman–Crippen MR) is 136 cm³/mol. The van der Waals surface area contributed by atoms with Gasteiger partial charge in [0.1, 0.15) is 17.1 Å². The average Bonchev–Trinajstić information content (AvgIpc) is 2.75. The molecule has 33 heavy (non-hydrogen) atoms. The van der Waals surface area contributed by atoms with Crippen LogP contribution in [0.25, 0.3) is 0 Å². The molecular weight excluding hydrogens is 436 g/mol. The molecule has 1 unspecified atom stereocenters. The normalized spacial score (nSPS) is 18.4. The molecular formula is C27H44O5S. The second-order valence-electron chi connectivity index (χ2n) is 9.73. The molecule has 6 heteroatoms. The number of hydrogen-bond donors (Lipinski definition) is 1. The molecule has 1 N–H and O–H groups in total. The minimum atomic E-state index is -3.87. The maximum absolute atomic E-state index is 10.8. The van der Waals surface area contributed by atoms with E-state index in [9.17, 15) is 8.42 Å². The molecule has 0 spiro atoms. The molecule has 0 saturated carbocycles. The first-order chi connectivity index (χ1) is 15.6. The van der Waals surface area contributed by atoms with Crippen molar-refractivity contribution in [1.82, 2.24) is 0 Å². The topological polar surface area (TPSA) is 72.8 Å². The fourth-order valence-electron chi connectivity index (χ4n) is 4.52. The molecule has 0 fully saturated rings. The van der Waals surface area contributed by atoms with Gasteiger partial charge < -0.3 is 9.47 Å². The predicted octanol–water partition coefficient (Wildman–Crippen LogP) is 7.05. The third kappa shape index (κ3) is 8.64. The fourth-order valence-corrected chi connectivity index (χ4v) is 5.09. The summed E-state index contributed by atoms with van der Waals surface area (Å²) in [4.78, 5) is 0. The highest BCUT2D eigenvalue weighted by atomic mass is 32.2. The monoisotopic (exact) mass is 480 g/mol. The Morgan fingerprint density at radius 3 is 2.39 bits per heavy atom. The molecule has 1 heterocycles. The zero-order valence-electron chi connectivity index (χ0n) is 21.3. The molecule has 1 aromatic rings. The summed E-state index contributed by atoms with van der Waals surface area (Å²) in [5, 5.41) is 0. The van der Waals surface area contributed by atoms with Crippen molar-refractivity contribution >= 4 is 10.1 Å². The van der Waals surface area contributed by atoms with Gasteiger partial charge in [-0.2, -0.15) is 8.42 Å². The zero-order valence-corrected chi connectivity index (χ0v) is 22.2. The fraction of sp³-hybridized carbons (Fsp3) is 0.704. The number of fused-ring (bicyclic) bond motifs is 1. The van der Waals surface area contributed by atoms with E-state index in [0.29, 0.717) is 19.4 Å². The first kappa shape index (κ1) is 27.7. The van der Waals surface area contributed by atoms with Crippen molar-refractivity contribution < 1.29 is 22.4 Å². The van der Waals surface area contributed by atoms with Crippen LogP contribution in [0.1, 0.15) is 100 Å². The summed E-state index contributed by atoms with van der Waals surface area (Å²) in [6.07, 6.45) is 16.0. The van der Waals surface area contributed by atoms with E-state index in [0.717, 1.165) is 53.9 Å². The van der Waals surface area contributed by atoms with Crippen LogP contribution in [0.5, 0.6) is 11.5 Å². The lowest BCUT2D eigenvalue weighted by Gasteiger charge is -2.36. The molecule has 2 rings (SSSR count). The van der Waals surface area contributed by atoms with Crippen LogP contribution >= 0.6 is 0 Å². The molecule has 0 bridgehead atoms. The highest BCUT2D eigenvalue weighted by Crippen LogP contribution is 2.44. The Morgan fingerprint density at radius 2 is 1.70 bits per heavy atom. The van der Waals surface area contributed by atoms with Crippen molar-refractivity contribution in [1.29, 1.82) is 0 Å². The third-order valence-corrected chi connectivity index (χ3v) is 7.56. The Bertz CT molecular complexity index is 904. The van der Waals surface area contributed by atoms with Crippen LogP contribution in [-0.2, 0) is 16.5 Å². The first-order valence-electron chi connectivity index (χ1n) is 12.7. The van der Waals surface area contributed by atoms with Gasteiger partial charge in [0, 0.05) is 5.56 Å². The van der Waals surface area contributed by atoms with Gasteiger partial charge in [-0.25, -0.2) is 0 Å². The molecule has 1 aromatic carbocycles. The Hall–Kier alpha value is -1.53. The van der Waals surface area contributed by atoms with E-state index in [2.05, 4.69) is 46.8 Å². The molecule has 1 aliphatic rings. The average molecular weight is 481 g/mol. The number of unbranched alkanes of at least 4 members (excludes halogenated alkanes) is 7. The van der Waals surface area contributed by atoms with Crippen LogP contribution < -0.4 is 9.47 Å². The van der Waals surface area contributed by atoms with Crippen molar-refractivity contribution in [3.63, 3.8) is 0 Å². The third-order valence-electron chi connectivity index (χ3n) is 6.76. The second-order valence-corrected chi connectivity index (χ2v) is 11.3.